The van der Waals surface area contributed by atoms with Gasteiger partial charge < -0.3 is 14.6 Å². The topological polar surface area (TPSA) is 58.4 Å². The van der Waals surface area contributed by atoms with Gasteiger partial charge in [-0.1, -0.05) is 11.6 Å². The number of piperazine rings is 1. The van der Waals surface area contributed by atoms with Crippen molar-refractivity contribution in [1.29, 1.82) is 0 Å². The smallest absolute Gasteiger partial charge is 0.173 e. The Morgan fingerprint density at radius 3 is 2.90 bits per heavy atom. The van der Waals surface area contributed by atoms with Crippen molar-refractivity contribution in [2.45, 2.75) is 19.9 Å². The van der Waals surface area contributed by atoms with Crippen LogP contribution in [0.15, 0.2) is 36.8 Å². The molecule has 0 radical (unpaired) electrons. The van der Waals surface area contributed by atoms with E-state index >= 15 is 0 Å². The van der Waals surface area contributed by atoms with Crippen molar-refractivity contribution in [3.8, 4) is 11.3 Å². The Hall–Kier alpha value is -2.77. The van der Waals surface area contributed by atoms with Gasteiger partial charge in [-0.05, 0) is 32.0 Å². The molecule has 4 aromatic heterocycles. The molecule has 0 spiro atoms. The summed E-state index contributed by atoms with van der Waals surface area (Å²) in [4.78, 5) is 15.7. The van der Waals surface area contributed by atoms with E-state index in [0.29, 0.717) is 33.6 Å². The van der Waals surface area contributed by atoms with Gasteiger partial charge in [0.1, 0.15) is 0 Å². The number of pyridine rings is 3. The Bertz CT molecular complexity index is 1240. The zero-order valence-electron chi connectivity index (χ0n) is 16.2. The highest BCUT2D eigenvalue weighted by Crippen LogP contribution is 2.30. The first kappa shape index (κ1) is 18.3. The van der Waals surface area contributed by atoms with Crippen LogP contribution in [0.3, 0.4) is 0 Å². The minimum absolute atomic E-state index is 0.297. The maximum atomic E-state index is 14.5. The number of aromatic nitrogens is 4. The van der Waals surface area contributed by atoms with Crippen LogP contribution in [0.4, 0.5) is 10.1 Å². The molecule has 1 saturated heterocycles. The van der Waals surface area contributed by atoms with Crippen LogP contribution in [0.2, 0.25) is 5.02 Å². The molecule has 1 atom stereocenters. The lowest BCUT2D eigenvalue weighted by molar-refractivity contribution is 0.484. The monoisotopic (exact) mass is 410 g/mol. The van der Waals surface area contributed by atoms with E-state index in [1.807, 2.05) is 19.2 Å². The fourth-order valence-electron chi connectivity index (χ4n) is 3.86. The Morgan fingerprint density at radius 1 is 1.21 bits per heavy atom. The molecule has 0 amide bonds. The number of hydrogen-bond donors (Lipinski definition) is 1. The Morgan fingerprint density at radius 2 is 2.07 bits per heavy atom. The van der Waals surface area contributed by atoms with Crippen LogP contribution < -0.4 is 10.2 Å². The second-order valence-corrected chi connectivity index (χ2v) is 7.95. The first-order valence-electron chi connectivity index (χ1n) is 9.58. The summed E-state index contributed by atoms with van der Waals surface area (Å²) in [5, 5.41) is 4.77. The van der Waals surface area contributed by atoms with E-state index in [1.165, 1.54) is 6.07 Å². The number of hydrogen-bond acceptors (Lipinski definition) is 5. The van der Waals surface area contributed by atoms with Gasteiger partial charge >= 0.3 is 0 Å². The predicted octanol–water partition coefficient (Wildman–Crippen LogP) is 3.84. The van der Waals surface area contributed by atoms with Crippen LogP contribution >= 0.6 is 11.6 Å². The number of rotatable bonds is 2. The normalized spacial score (nSPS) is 17.4. The number of fused-ring (bicyclic) bond motifs is 2. The van der Waals surface area contributed by atoms with E-state index < -0.39 is 5.82 Å². The summed E-state index contributed by atoms with van der Waals surface area (Å²) in [6.07, 6.45) is 5.42. The van der Waals surface area contributed by atoms with Gasteiger partial charge in [0.25, 0.3) is 0 Å². The minimum Gasteiger partial charge on any atom is -0.367 e. The van der Waals surface area contributed by atoms with Gasteiger partial charge in [-0.25, -0.2) is 19.3 Å². The molecule has 0 bridgehead atoms. The number of halogens is 2. The van der Waals surface area contributed by atoms with E-state index in [1.54, 1.807) is 22.9 Å². The van der Waals surface area contributed by atoms with Gasteiger partial charge in [0, 0.05) is 49.0 Å². The highest BCUT2D eigenvalue weighted by Gasteiger charge is 2.18. The highest BCUT2D eigenvalue weighted by atomic mass is 35.5. The molecule has 5 heterocycles. The second kappa shape index (κ2) is 6.93. The minimum atomic E-state index is -0.398. The number of anilines is 1. The van der Waals surface area contributed by atoms with E-state index in [0.717, 1.165) is 36.4 Å². The zero-order valence-corrected chi connectivity index (χ0v) is 16.9. The molecule has 29 heavy (non-hydrogen) atoms. The Balaban J connectivity index is 1.57. The molecule has 1 aliphatic heterocycles. The highest BCUT2D eigenvalue weighted by molar-refractivity contribution is 6.35. The summed E-state index contributed by atoms with van der Waals surface area (Å²) >= 11 is 6.59. The van der Waals surface area contributed by atoms with Crippen molar-refractivity contribution in [2.75, 3.05) is 24.5 Å². The summed E-state index contributed by atoms with van der Waals surface area (Å²) in [6, 6.07) is 5.65. The molecule has 0 aliphatic carbocycles. The third-order valence-corrected chi connectivity index (χ3v) is 5.57. The first-order valence-corrected chi connectivity index (χ1v) is 9.95. The molecule has 4 aromatic rings. The quantitative estimate of drug-likeness (QED) is 0.544. The standard InChI is InChI=1S/C21H20ClFN6/c1-12-9-28(4-3-24-12)15-6-16-17(22)7-19(27-20(16)25-8-15)14-5-18(23)21-26-13(2)10-29(21)11-14/h5-8,10-12,24H,3-4,9H2,1-2H3. The van der Waals surface area contributed by atoms with Crippen molar-refractivity contribution in [3.05, 3.63) is 53.3 Å². The van der Waals surface area contributed by atoms with Gasteiger partial charge in [0.2, 0.25) is 0 Å². The lowest BCUT2D eigenvalue weighted by Crippen LogP contribution is -2.49. The molecule has 1 N–H and O–H groups in total. The Kier molecular flexibility index (Phi) is 4.37. The summed E-state index contributed by atoms with van der Waals surface area (Å²) < 4.78 is 16.1. The third-order valence-electron chi connectivity index (χ3n) is 5.26. The van der Waals surface area contributed by atoms with Crippen molar-refractivity contribution < 1.29 is 4.39 Å². The molecule has 0 aromatic carbocycles. The van der Waals surface area contributed by atoms with Crippen LogP contribution in [0.5, 0.6) is 0 Å². The van der Waals surface area contributed by atoms with E-state index in [2.05, 4.69) is 32.1 Å². The van der Waals surface area contributed by atoms with Crippen molar-refractivity contribution in [1.82, 2.24) is 24.7 Å². The van der Waals surface area contributed by atoms with Crippen molar-refractivity contribution in [3.63, 3.8) is 0 Å². The number of nitrogens with zero attached hydrogens (tertiary/aromatic N) is 5. The second-order valence-electron chi connectivity index (χ2n) is 7.55. The summed E-state index contributed by atoms with van der Waals surface area (Å²) in [6.45, 7) is 6.77. The van der Waals surface area contributed by atoms with Crippen LogP contribution in [0.25, 0.3) is 27.9 Å². The first-order chi connectivity index (χ1) is 14.0. The average Bonchev–Trinajstić information content (AvgIpc) is 3.08. The number of aryl methyl sites for hydroxylation is 1. The van der Waals surface area contributed by atoms with Crippen molar-refractivity contribution >= 4 is 34.0 Å². The van der Waals surface area contributed by atoms with Crippen LogP contribution in [0, 0.1) is 12.7 Å². The lowest BCUT2D eigenvalue weighted by Gasteiger charge is -2.33. The van der Waals surface area contributed by atoms with Crippen LogP contribution in [-0.4, -0.2) is 45.0 Å². The Labute approximate surface area is 172 Å². The number of nitrogens with one attached hydrogen (secondary N) is 1. The SMILES string of the molecule is Cc1cn2cc(-c3cc(Cl)c4cc(N5CCNC(C)C5)cnc4n3)cc(F)c2n1. The van der Waals surface area contributed by atoms with Gasteiger partial charge in [-0.15, -0.1) is 0 Å². The fourth-order valence-corrected chi connectivity index (χ4v) is 4.11. The fraction of sp³-hybridized carbons (Fsp3) is 0.286. The van der Waals surface area contributed by atoms with Gasteiger partial charge in [-0.3, -0.25) is 0 Å². The predicted molar refractivity (Wildman–Crippen MR) is 113 cm³/mol. The van der Waals surface area contributed by atoms with Gasteiger partial charge in [0.15, 0.2) is 17.1 Å². The maximum absolute atomic E-state index is 14.5. The zero-order chi connectivity index (χ0) is 20.1. The number of imidazole rings is 1. The summed E-state index contributed by atoms with van der Waals surface area (Å²) in [7, 11) is 0. The summed E-state index contributed by atoms with van der Waals surface area (Å²) in [5.41, 5.74) is 3.82. The van der Waals surface area contributed by atoms with Crippen molar-refractivity contribution in [2.24, 2.45) is 0 Å². The maximum Gasteiger partial charge on any atom is 0.173 e. The van der Waals surface area contributed by atoms with E-state index in [-0.39, 0.29) is 0 Å². The molecule has 5 rings (SSSR count). The van der Waals surface area contributed by atoms with E-state index in [4.69, 9.17) is 11.6 Å². The average molecular weight is 411 g/mol. The van der Waals surface area contributed by atoms with Crippen LogP contribution in [-0.2, 0) is 0 Å². The molecule has 1 unspecified atom stereocenters. The lowest BCUT2D eigenvalue weighted by atomic mass is 10.1. The van der Waals surface area contributed by atoms with Gasteiger partial charge in [-0.2, -0.15) is 0 Å². The largest absolute Gasteiger partial charge is 0.367 e. The molecule has 8 heteroatoms. The molecular weight excluding hydrogens is 391 g/mol. The molecular formula is C21H20ClFN6. The van der Waals surface area contributed by atoms with Crippen LogP contribution in [0.1, 0.15) is 12.6 Å². The molecule has 6 nitrogen and oxygen atoms in total. The van der Waals surface area contributed by atoms with Gasteiger partial charge in [0.05, 0.1) is 28.3 Å². The van der Waals surface area contributed by atoms with E-state index in [9.17, 15) is 4.39 Å². The third kappa shape index (κ3) is 3.30. The molecule has 1 aliphatic rings. The molecule has 148 valence electrons. The molecule has 1 fully saturated rings. The molecule has 0 saturated carbocycles. The summed E-state index contributed by atoms with van der Waals surface area (Å²) in [5.74, 6) is -0.398.